The van der Waals surface area contributed by atoms with Crippen molar-refractivity contribution in [2.45, 2.75) is 32.6 Å². The molecule has 3 N–H and O–H groups in total. The molecular weight excluding hydrogens is 392 g/mol. The van der Waals surface area contributed by atoms with Gasteiger partial charge in [-0.3, -0.25) is 9.59 Å². The van der Waals surface area contributed by atoms with Crippen molar-refractivity contribution in [2.24, 2.45) is 11.7 Å². The molecule has 164 valence electrons. The lowest BCUT2D eigenvalue weighted by molar-refractivity contribution is -0.130. The zero-order valence-electron chi connectivity index (χ0n) is 18.2. The fourth-order valence-electron chi connectivity index (χ4n) is 4.42. The summed E-state index contributed by atoms with van der Waals surface area (Å²) in [7, 11) is 0. The summed E-state index contributed by atoms with van der Waals surface area (Å²) in [4.78, 5) is 37.4. The highest BCUT2D eigenvalue weighted by Gasteiger charge is 2.32. The monoisotopic (exact) mass is 422 g/mol. The van der Waals surface area contributed by atoms with Crippen LogP contribution in [0.5, 0.6) is 0 Å². The number of amides is 1. The van der Waals surface area contributed by atoms with Gasteiger partial charge in [0.1, 0.15) is 5.78 Å². The summed E-state index contributed by atoms with van der Waals surface area (Å²) < 4.78 is 0. The summed E-state index contributed by atoms with van der Waals surface area (Å²) in [6.45, 7) is 7.16. The lowest BCUT2D eigenvalue weighted by Crippen LogP contribution is -2.50. The van der Waals surface area contributed by atoms with E-state index in [2.05, 4.69) is 41.2 Å². The van der Waals surface area contributed by atoms with Gasteiger partial charge in [-0.15, -0.1) is 0 Å². The molecule has 4 rings (SSSR count). The van der Waals surface area contributed by atoms with E-state index in [4.69, 9.17) is 10.7 Å². The standard InChI is InChI=1S/C23H30N6O2/c1-15(2)21-19(30)8-3-16-14-25-23(27-22(16)21)26-17-4-6-18(7-5-17)28-9-11-29(12-10-28)20(31)13-24/h4-7,14-15,21H,3,8-13,24H2,1-2H3,(H,25,26,27). The van der Waals surface area contributed by atoms with E-state index in [1.807, 2.05) is 23.2 Å². The molecule has 0 saturated carbocycles. The highest BCUT2D eigenvalue weighted by Crippen LogP contribution is 2.33. The second-order valence-corrected chi connectivity index (χ2v) is 8.54. The second kappa shape index (κ2) is 9.01. The van der Waals surface area contributed by atoms with Gasteiger partial charge in [0, 0.05) is 50.2 Å². The lowest BCUT2D eigenvalue weighted by atomic mass is 9.79. The molecule has 31 heavy (non-hydrogen) atoms. The van der Waals surface area contributed by atoms with Gasteiger partial charge in [-0.05, 0) is 42.2 Å². The van der Waals surface area contributed by atoms with Crippen LogP contribution in [0.2, 0.25) is 0 Å². The largest absolute Gasteiger partial charge is 0.368 e. The summed E-state index contributed by atoms with van der Waals surface area (Å²) in [6.07, 6.45) is 3.14. The fraction of sp³-hybridized carbons (Fsp3) is 0.478. The molecule has 1 fully saturated rings. The van der Waals surface area contributed by atoms with E-state index >= 15 is 0 Å². The van der Waals surface area contributed by atoms with Crippen LogP contribution in [-0.2, 0) is 16.0 Å². The number of fused-ring (bicyclic) bond motifs is 1. The number of ketones is 1. The lowest BCUT2D eigenvalue weighted by Gasteiger charge is -2.36. The van der Waals surface area contributed by atoms with Gasteiger partial charge in [-0.2, -0.15) is 0 Å². The van der Waals surface area contributed by atoms with E-state index in [0.717, 1.165) is 42.1 Å². The van der Waals surface area contributed by atoms with Gasteiger partial charge in [-0.25, -0.2) is 9.97 Å². The van der Waals surface area contributed by atoms with Crippen molar-refractivity contribution in [3.05, 3.63) is 41.7 Å². The topological polar surface area (TPSA) is 104 Å². The Morgan fingerprint density at radius 3 is 2.52 bits per heavy atom. The van der Waals surface area contributed by atoms with Gasteiger partial charge in [0.25, 0.3) is 0 Å². The van der Waals surface area contributed by atoms with Crippen LogP contribution in [-0.4, -0.2) is 59.3 Å². The zero-order valence-corrected chi connectivity index (χ0v) is 18.2. The first-order valence-electron chi connectivity index (χ1n) is 10.9. The molecule has 2 aliphatic rings. The number of anilines is 3. The third-order valence-electron chi connectivity index (χ3n) is 6.14. The number of hydrogen-bond acceptors (Lipinski definition) is 7. The number of piperazine rings is 1. The highest BCUT2D eigenvalue weighted by molar-refractivity contribution is 5.87. The molecule has 1 saturated heterocycles. The number of aromatic nitrogens is 2. The third kappa shape index (κ3) is 4.54. The van der Waals surface area contributed by atoms with Crippen LogP contribution in [0.25, 0.3) is 0 Å². The Kier molecular flexibility index (Phi) is 6.18. The average Bonchev–Trinajstić information content (AvgIpc) is 2.78. The normalized spacial score (nSPS) is 18.8. The Labute approximate surface area is 182 Å². The number of carbonyl (C=O) groups excluding carboxylic acids is 2. The molecule has 1 aromatic carbocycles. The maximum Gasteiger partial charge on any atom is 0.236 e. The molecule has 0 bridgehead atoms. The van der Waals surface area contributed by atoms with Crippen LogP contribution in [0.15, 0.2) is 30.5 Å². The van der Waals surface area contributed by atoms with Gasteiger partial charge in [-0.1, -0.05) is 13.8 Å². The Hall–Kier alpha value is -3.00. The molecule has 2 aromatic rings. The van der Waals surface area contributed by atoms with Gasteiger partial charge >= 0.3 is 0 Å². The first-order chi connectivity index (χ1) is 15.0. The van der Waals surface area contributed by atoms with Gasteiger partial charge in [0.15, 0.2) is 0 Å². The van der Waals surface area contributed by atoms with Crippen LogP contribution in [0.3, 0.4) is 0 Å². The third-order valence-corrected chi connectivity index (χ3v) is 6.14. The number of nitrogens with one attached hydrogen (secondary N) is 1. The number of nitrogens with zero attached hydrogens (tertiary/aromatic N) is 4. The average molecular weight is 423 g/mol. The number of benzene rings is 1. The zero-order chi connectivity index (χ0) is 22.0. The number of hydrogen-bond donors (Lipinski definition) is 2. The van der Waals surface area contributed by atoms with Crippen molar-refractivity contribution >= 4 is 29.0 Å². The number of Topliss-reactive ketones (excluding diaryl/α,β-unsaturated/α-hetero) is 1. The highest BCUT2D eigenvalue weighted by atomic mass is 16.2. The van der Waals surface area contributed by atoms with Crippen molar-refractivity contribution in [3.8, 4) is 0 Å². The van der Waals surface area contributed by atoms with E-state index in [-0.39, 0.29) is 30.1 Å². The maximum atomic E-state index is 12.4. The molecule has 1 aliphatic carbocycles. The Morgan fingerprint density at radius 2 is 1.87 bits per heavy atom. The van der Waals surface area contributed by atoms with E-state index < -0.39 is 0 Å². The minimum atomic E-state index is -0.153. The molecule has 1 aromatic heterocycles. The number of aryl methyl sites for hydroxylation is 1. The summed E-state index contributed by atoms with van der Waals surface area (Å²) >= 11 is 0. The molecule has 1 atom stereocenters. The molecule has 1 aliphatic heterocycles. The van der Waals surface area contributed by atoms with Gasteiger partial charge < -0.3 is 20.9 Å². The molecule has 8 nitrogen and oxygen atoms in total. The number of rotatable bonds is 5. The molecule has 2 heterocycles. The summed E-state index contributed by atoms with van der Waals surface area (Å²) in [5, 5.41) is 3.27. The first kappa shape index (κ1) is 21.2. The molecule has 1 unspecified atom stereocenters. The number of carbonyl (C=O) groups is 2. The predicted molar refractivity (Wildman–Crippen MR) is 121 cm³/mol. The van der Waals surface area contributed by atoms with E-state index in [9.17, 15) is 9.59 Å². The van der Waals surface area contributed by atoms with Crippen LogP contribution < -0.4 is 16.0 Å². The van der Waals surface area contributed by atoms with Crippen molar-refractivity contribution in [1.82, 2.24) is 14.9 Å². The molecule has 0 radical (unpaired) electrons. The molecule has 8 heteroatoms. The predicted octanol–water partition coefficient (Wildman–Crippen LogP) is 2.08. The van der Waals surface area contributed by atoms with Crippen LogP contribution in [0.4, 0.5) is 17.3 Å². The van der Waals surface area contributed by atoms with Crippen LogP contribution >= 0.6 is 0 Å². The van der Waals surface area contributed by atoms with Crippen LogP contribution in [0.1, 0.15) is 37.4 Å². The van der Waals surface area contributed by atoms with E-state index in [1.54, 1.807) is 0 Å². The molecule has 0 spiro atoms. The Balaban J connectivity index is 1.43. The summed E-state index contributed by atoms with van der Waals surface area (Å²) in [5.41, 5.74) is 9.40. The second-order valence-electron chi connectivity index (χ2n) is 8.54. The SMILES string of the molecule is CC(C)C1C(=O)CCc2cnc(Nc3ccc(N4CCN(C(=O)CN)CC4)cc3)nc21. The van der Waals surface area contributed by atoms with E-state index in [1.165, 1.54) is 0 Å². The fourth-order valence-corrected chi connectivity index (χ4v) is 4.42. The smallest absolute Gasteiger partial charge is 0.236 e. The minimum absolute atomic E-state index is 0.00523. The number of nitrogens with two attached hydrogens (primary N) is 1. The van der Waals surface area contributed by atoms with Crippen LogP contribution in [0, 0.1) is 5.92 Å². The van der Waals surface area contributed by atoms with Crippen molar-refractivity contribution in [3.63, 3.8) is 0 Å². The van der Waals surface area contributed by atoms with Crippen molar-refractivity contribution in [1.29, 1.82) is 0 Å². The Bertz CT molecular complexity index is 951. The summed E-state index contributed by atoms with van der Waals surface area (Å²) in [6, 6.07) is 8.12. The minimum Gasteiger partial charge on any atom is -0.368 e. The summed E-state index contributed by atoms with van der Waals surface area (Å²) in [5.74, 6) is 0.852. The van der Waals surface area contributed by atoms with Gasteiger partial charge in [0.05, 0.1) is 18.2 Å². The van der Waals surface area contributed by atoms with Gasteiger partial charge in [0.2, 0.25) is 11.9 Å². The van der Waals surface area contributed by atoms with Crippen molar-refractivity contribution in [2.75, 3.05) is 42.9 Å². The molecular formula is C23H30N6O2. The van der Waals surface area contributed by atoms with Crippen molar-refractivity contribution < 1.29 is 9.59 Å². The molecule has 1 amide bonds. The van der Waals surface area contributed by atoms with E-state index in [0.29, 0.717) is 25.5 Å². The first-order valence-corrected chi connectivity index (χ1v) is 10.9. The Morgan fingerprint density at radius 1 is 1.16 bits per heavy atom. The maximum absolute atomic E-state index is 12.4. The quantitative estimate of drug-likeness (QED) is 0.760.